The zero-order valence-corrected chi connectivity index (χ0v) is 13.8. The molecule has 1 N–H and O–H groups in total. The van der Waals surface area contributed by atoms with E-state index in [2.05, 4.69) is 4.72 Å². The van der Waals surface area contributed by atoms with Gasteiger partial charge in [0.05, 0.1) is 4.90 Å². The van der Waals surface area contributed by atoms with Crippen LogP contribution in [0.25, 0.3) is 0 Å². The molecule has 2 rings (SSSR count). The summed E-state index contributed by atoms with van der Waals surface area (Å²) in [5.41, 5.74) is 3.20. The Labute approximate surface area is 131 Å². The summed E-state index contributed by atoms with van der Waals surface area (Å²) < 4.78 is 27.4. The molecule has 5 heteroatoms. The molecule has 3 nitrogen and oxygen atoms in total. The third kappa shape index (κ3) is 3.84. The minimum Gasteiger partial charge on any atom is -0.207 e. The van der Waals surface area contributed by atoms with E-state index in [4.69, 9.17) is 11.6 Å². The molecule has 0 radical (unpaired) electrons. The molecule has 0 unspecified atom stereocenters. The fourth-order valence-corrected chi connectivity index (χ4v) is 3.64. The van der Waals surface area contributed by atoms with Crippen molar-refractivity contribution in [3.63, 3.8) is 0 Å². The Morgan fingerprint density at radius 2 is 1.67 bits per heavy atom. The summed E-state index contributed by atoms with van der Waals surface area (Å²) in [5.74, 6) is 0. The van der Waals surface area contributed by atoms with Gasteiger partial charge in [-0.25, -0.2) is 13.1 Å². The SMILES string of the molecule is Cc1ccc([C@H](C)NS(=O)(=O)c2ccc(Cl)cc2)c(C)c1. The highest BCUT2D eigenvalue weighted by Crippen LogP contribution is 2.21. The average Bonchev–Trinajstić information content (AvgIpc) is 2.38. The van der Waals surface area contributed by atoms with Crippen LogP contribution in [0.2, 0.25) is 5.02 Å². The predicted octanol–water partition coefficient (Wildman–Crippen LogP) is 4.00. The molecular formula is C16H18ClNO2S. The Balaban J connectivity index is 2.25. The molecule has 112 valence electrons. The number of benzene rings is 2. The largest absolute Gasteiger partial charge is 0.241 e. The van der Waals surface area contributed by atoms with E-state index < -0.39 is 10.0 Å². The van der Waals surface area contributed by atoms with Crippen molar-refractivity contribution in [2.45, 2.75) is 31.7 Å². The minimum absolute atomic E-state index is 0.212. The van der Waals surface area contributed by atoms with Crippen LogP contribution in [0.15, 0.2) is 47.4 Å². The predicted molar refractivity (Wildman–Crippen MR) is 86.1 cm³/mol. The van der Waals surface area contributed by atoms with E-state index in [1.54, 1.807) is 12.1 Å². The Morgan fingerprint density at radius 3 is 2.24 bits per heavy atom. The lowest BCUT2D eigenvalue weighted by Crippen LogP contribution is -2.27. The topological polar surface area (TPSA) is 46.2 Å². The molecule has 2 aromatic carbocycles. The second kappa shape index (κ2) is 6.18. The van der Waals surface area contributed by atoms with Gasteiger partial charge >= 0.3 is 0 Å². The third-order valence-corrected chi connectivity index (χ3v) is 5.16. The van der Waals surface area contributed by atoms with Crippen LogP contribution in [0.5, 0.6) is 0 Å². The van der Waals surface area contributed by atoms with E-state index in [0.29, 0.717) is 5.02 Å². The first-order chi connectivity index (χ1) is 9.79. The van der Waals surface area contributed by atoms with Crippen molar-refractivity contribution >= 4 is 21.6 Å². The van der Waals surface area contributed by atoms with Gasteiger partial charge in [-0.2, -0.15) is 0 Å². The van der Waals surface area contributed by atoms with Crippen LogP contribution in [0.3, 0.4) is 0 Å². The van der Waals surface area contributed by atoms with Crippen LogP contribution in [0.1, 0.15) is 29.7 Å². The summed E-state index contributed by atoms with van der Waals surface area (Å²) >= 11 is 5.78. The zero-order chi connectivity index (χ0) is 15.6. The standard InChI is InChI=1S/C16H18ClNO2S/c1-11-4-9-16(12(2)10-11)13(3)18-21(19,20)15-7-5-14(17)6-8-15/h4-10,13,18H,1-3H3/t13-/m0/s1. The van der Waals surface area contributed by atoms with E-state index in [1.807, 2.05) is 39.0 Å². The number of hydrogen-bond donors (Lipinski definition) is 1. The van der Waals surface area contributed by atoms with Crippen molar-refractivity contribution in [1.82, 2.24) is 4.72 Å². The van der Waals surface area contributed by atoms with Gasteiger partial charge in [-0.3, -0.25) is 0 Å². The number of aryl methyl sites for hydroxylation is 2. The van der Waals surface area contributed by atoms with Gasteiger partial charge in [0.25, 0.3) is 0 Å². The molecule has 0 bridgehead atoms. The molecule has 1 atom stereocenters. The highest BCUT2D eigenvalue weighted by molar-refractivity contribution is 7.89. The zero-order valence-electron chi connectivity index (χ0n) is 12.2. The van der Waals surface area contributed by atoms with Crippen LogP contribution in [-0.2, 0) is 10.0 Å². The molecule has 0 aliphatic heterocycles. The number of halogens is 1. The number of sulfonamides is 1. The minimum atomic E-state index is -3.56. The first-order valence-corrected chi connectivity index (χ1v) is 8.51. The molecule has 0 spiro atoms. The first-order valence-electron chi connectivity index (χ1n) is 6.64. The van der Waals surface area contributed by atoms with Gasteiger partial charge in [-0.1, -0.05) is 35.4 Å². The number of rotatable bonds is 4. The van der Waals surface area contributed by atoms with Gasteiger partial charge in [0.15, 0.2) is 0 Å². The molecule has 0 amide bonds. The number of hydrogen-bond acceptors (Lipinski definition) is 2. The van der Waals surface area contributed by atoms with Crippen molar-refractivity contribution in [3.8, 4) is 0 Å². The summed E-state index contributed by atoms with van der Waals surface area (Å²) in [5, 5.41) is 0.511. The highest BCUT2D eigenvalue weighted by Gasteiger charge is 2.19. The van der Waals surface area contributed by atoms with Crippen LogP contribution in [-0.4, -0.2) is 8.42 Å². The Kier molecular flexibility index (Phi) is 4.71. The molecule has 21 heavy (non-hydrogen) atoms. The van der Waals surface area contributed by atoms with Crippen molar-refractivity contribution in [2.24, 2.45) is 0 Å². The quantitative estimate of drug-likeness (QED) is 0.924. The Hall–Kier alpha value is -1.36. The fourth-order valence-electron chi connectivity index (χ4n) is 2.29. The molecule has 0 heterocycles. The van der Waals surface area contributed by atoms with Crippen LogP contribution in [0, 0.1) is 13.8 Å². The van der Waals surface area contributed by atoms with Crippen molar-refractivity contribution < 1.29 is 8.42 Å². The highest BCUT2D eigenvalue weighted by atomic mass is 35.5. The van der Waals surface area contributed by atoms with Gasteiger partial charge in [-0.15, -0.1) is 0 Å². The van der Waals surface area contributed by atoms with Gasteiger partial charge in [-0.05, 0) is 56.2 Å². The van der Waals surface area contributed by atoms with E-state index in [-0.39, 0.29) is 10.9 Å². The van der Waals surface area contributed by atoms with E-state index >= 15 is 0 Å². The molecule has 0 saturated heterocycles. The summed E-state index contributed by atoms with van der Waals surface area (Å²) in [6.45, 7) is 5.83. The van der Waals surface area contributed by atoms with Crippen LogP contribution < -0.4 is 4.72 Å². The lowest BCUT2D eigenvalue weighted by Gasteiger charge is -2.17. The van der Waals surface area contributed by atoms with Gasteiger partial charge in [0.2, 0.25) is 10.0 Å². The van der Waals surface area contributed by atoms with Gasteiger partial charge in [0, 0.05) is 11.1 Å². The van der Waals surface area contributed by atoms with E-state index in [0.717, 1.165) is 16.7 Å². The van der Waals surface area contributed by atoms with Crippen LogP contribution in [0.4, 0.5) is 0 Å². The molecule has 0 fully saturated rings. The fraction of sp³-hybridized carbons (Fsp3) is 0.250. The lowest BCUT2D eigenvalue weighted by atomic mass is 10.0. The van der Waals surface area contributed by atoms with Gasteiger partial charge < -0.3 is 0 Å². The summed E-state index contributed by atoms with van der Waals surface area (Å²) in [6.07, 6.45) is 0. The number of nitrogens with one attached hydrogen (secondary N) is 1. The lowest BCUT2D eigenvalue weighted by molar-refractivity contribution is 0.566. The molecule has 0 aliphatic carbocycles. The maximum absolute atomic E-state index is 12.4. The second-order valence-corrected chi connectivity index (χ2v) is 7.31. The first kappa shape index (κ1) is 16.0. The summed E-state index contributed by atoms with van der Waals surface area (Å²) in [6, 6.07) is 11.8. The van der Waals surface area contributed by atoms with Crippen molar-refractivity contribution in [3.05, 3.63) is 64.2 Å². The van der Waals surface area contributed by atoms with Gasteiger partial charge in [0.1, 0.15) is 0 Å². The normalized spacial score (nSPS) is 13.1. The smallest absolute Gasteiger partial charge is 0.207 e. The third-order valence-electron chi connectivity index (χ3n) is 3.35. The summed E-state index contributed by atoms with van der Waals surface area (Å²) in [4.78, 5) is 0.212. The van der Waals surface area contributed by atoms with Crippen molar-refractivity contribution in [1.29, 1.82) is 0 Å². The second-order valence-electron chi connectivity index (χ2n) is 5.16. The summed E-state index contributed by atoms with van der Waals surface area (Å²) in [7, 11) is -3.56. The molecular weight excluding hydrogens is 306 g/mol. The molecule has 0 aromatic heterocycles. The molecule has 0 aliphatic rings. The Bertz CT molecular complexity index is 739. The molecule has 0 saturated carbocycles. The van der Waals surface area contributed by atoms with Crippen LogP contribution >= 0.6 is 11.6 Å². The molecule has 2 aromatic rings. The Morgan fingerprint density at radius 1 is 1.05 bits per heavy atom. The monoisotopic (exact) mass is 323 g/mol. The maximum atomic E-state index is 12.4. The van der Waals surface area contributed by atoms with E-state index in [1.165, 1.54) is 12.1 Å². The van der Waals surface area contributed by atoms with E-state index in [9.17, 15) is 8.42 Å². The van der Waals surface area contributed by atoms with Crippen molar-refractivity contribution in [2.75, 3.05) is 0 Å². The average molecular weight is 324 g/mol. The maximum Gasteiger partial charge on any atom is 0.241 e.